The molecule has 1 aromatic carbocycles. The summed E-state index contributed by atoms with van der Waals surface area (Å²) in [5, 5.41) is 19.9. The van der Waals surface area contributed by atoms with E-state index >= 15 is 0 Å². The molecular weight excluding hydrogens is 384 g/mol. The van der Waals surface area contributed by atoms with Crippen LogP contribution in [-0.4, -0.2) is 16.2 Å². The summed E-state index contributed by atoms with van der Waals surface area (Å²) in [7, 11) is 0. The van der Waals surface area contributed by atoms with E-state index in [0.29, 0.717) is 5.75 Å². The molecule has 0 spiro atoms. The summed E-state index contributed by atoms with van der Waals surface area (Å²) in [4.78, 5) is 11.5. The van der Waals surface area contributed by atoms with Crippen molar-refractivity contribution in [1.82, 2.24) is 0 Å². The molecule has 2 N–H and O–H groups in total. The summed E-state index contributed by atoms with van der Waals surface area (Å²) in [5.41, 5.74) is 2.64. The zero-order valence-corrected chi connectivity index (χ0v) is 20.9. The Morgan fingerprint density at radius 2 is 1.35 bits per heavy atom. The van der Waals surface area contributed by atoms with Gasteiger partial charge in [0.25, 0.3) is 0 Å². The van der Waals surface area contributed by atoms with E-state index < -0.39 is 5.97 Å². The van der Waals surface area contributed by atoms with E-state index in [1.165, 1.54) is 70.6 Å². The SMILES string of the molecule is CCCCCCCCCCCCCCC(CC(=O)O)c1cc(C)c(O)c(C(C)(C)C)c1. The van der Waals surface area contributed by atoms with Gasteiger partial charge in [0.2, 0.25) is 0 Å². The van der Waals surface area contributed by atoms with Gasteiger partial charge in [0.05, 0.1) is 6.42 Å². The highest BCUT2D eigenvalue weighted by atomic mass is 16.4. The molecule has 0 amide bonds. The van der Waals surface area contributed by atoms with Gasteiger partial charge in [-0.2, -0.15) is 0 Å². The van der Waals surface area contributed by atoms with E-state index in [0.717, 1.165) is 29.5 Å². The smallest absolute Gasteiger partial charge is 0.303 e. The lowest BCUT2D eigenvalue weighted by Gasteiger charge is -2.25. The number of hydrogen-bond donors (Lipinski definition) is 2. The number of carboxylic acids is 1. The van der Waals surface area contributed by atoms with Crippen LogP contribution in [-0.2, 0) is 10.2 Å². The van der Waals surface area contributed by atoms with E-state index in [4.69, 9.17) is 0 Å². The quantitative estimate of drug-likeness (QED) is 0.257. The van der Waals surface area contributed by atoms with Gasteiger partial charge in [-0.1, -0.05) is 117 Å². The van der Waals surface area contributed by atoms with Crippen molar-refractivity contribution in [2.75, 3.05) is 0 Å². The van der Waals surface area contributed by atoms with Crippen LogP contribution in [0.4, 0.5) is 0 Å². The Labute approximate surface area is 191 Å². The van der Waals surface area contributed by atoms with E-state index in [2.05, 4.69) is 27.7 Å². The predicted molar refractivity (Wildman–Crippen MR) is 132 cm³/mol. The lowest BCUT2D eigenvalue weighted by molar-refractivity contribution is -0.137. The van der Waals surface area contributed by atoms with Gasteiger partial charge in [-0.15, -0.1) is 0 Å². The average Bonchev–Trinajstić information content (AvgIpc) is 2.68. The molecule has 0 aliphatic carbocycles. The minimum atomic E-state index is -0.744. The van der Waals surface area contributed by atoms with Gasteiger partial charge in [-0.05, 0) is 41.4 Å². The number of aliphatic carboxylic acids is 1. The minimum absolute atomic E-state index is 0.0148. The zero-order chi connectivity index (χ0) is 23.3. The highest BCUT2D eigenvalue weighted by Gasteiger charge is 2.23. The van der Waals surface area contributed by atoms with Crippen LogP contribution < -0.4 is 0 Å². The number of phenols is 1. The molecule has 31 heavy (non-hydrogen) atoms. The van der Waals surface area contributed by atoms with E-state index in [1.54, 1.807) is 0 Å². The van der Waals surface area contributed by atoms with E-state index in [9.17, 15) is 15.0 Å². The first-order valence-corrected chi connectivity index (χ1v) is 12.7. The summed E-state index contributed by atoms with van der Waals surface area (Å²) in [6, 6.07) is 4.02. The maximum absolute atomic E-state index is 11.5. The Morgan fingerprint density at radius 3 is 1.81 bits per heavy atom. The number of rotatable bonds is 16. The third-order valence-corrected chi connectivity index (χ3v) is 6.43. The normalized spacial score (nSPS) is 12.8. The second-order valence-electron chi connectivity index (χ2n) is 10.5. The number of carbonyl (C=O) groups is 1. The first-order chi connectivity index (χ1) is 14.7. The number of benzene rings is 1. The van der Waals surface area contributed by atoms with E-state index in [1.807, 2.05) is 19.1 Å². The van der Waals surface area contributed by atoms with Crippen molar-refractivity contribution in [1.29, 1.82) is 0 Å². The summed E-state index contributed by atoms with van der Waals surface area (Å²) >= 11 is 0. The second kappa shape index (κ2) is 14.5. The molecule has 0 saturated carbocycles. The molecule has 178 valence electrons. The van der Waals surface area contributed by atoms with Crippen LogP contribution in [0.15, 0.2) is 12.1 Å². The van der Waals surface area contributed by atoms with Crippen LogP contribution in [0.5, 0.6) is 5.75 Å². The first kappa shape index (κ1) is 27.5. The van der Waals surface area contributed by atoms with Crippen LogP contribution in [0, 0.1) is 6.92 Å². The van der Waals surface area contributed by atoms with Gasteiger partial charge >= 0.3 is 5.97 Å². The number of aromatic hydroxyl groups is 1. The first-order valence-electron chi connectivity index (χ1n) is 12.7. The van der Waals surface area contributed by atoms with Crippen LogP contribution in [0.2, 0.25) is 0 Å². The molecule has 1 unspecified atom stereocenters. The fraction of sp³-hybridized carbons (Fsp3) is 0.750. The average molecular weight is 433 g/mol. The van der Waals surface area contributed by atoms with Crippen molar-refractivity contribution in [2.45, 2.75) is 136 Å². The molecule has 0 bridgehead atoms. The molecule has 0 aliphatic heterocycles. The van der Waals surface area contributed by atoms with Crippen molar-refractivity contribution in [3.8, 4) is 5.75 Å². The zero-order valence-electron chi connectivity index (χ0n) is 20.9. The molecular formula is C28H48O3. The molecule has 0 fully saturated rings. The van der Waals surface area contributed by atoms with Crippen LogP contribution in [0.1, 0.15) is 140 Å². The highest BCUT2D eigenvalue weighted by Crippen LogP contribution is 2.37. The molecule has 1 aromatic rings. The van der Waals surface area contributed by atoms with Crippen molar-refractivity contribution in [3.05, 3.63) is 28.8 Å². The van der Waals surface area contributed by atoms with Gasteiger partial charge in [0.15, 0.2) is 0 Å². The molecule has 3 heteroatoms. The van der Waals surface area contributed by atoms with Gasteiger partial charge in [0.1, 0.15) is 5.75 Å². The third-order valence-electron chi connectivity index (χ3n) is 6.43. The van der Waals surface area contributed by atoms with Crippen LogP contribution in [0.25, 0.3) is 0 Å². The lowest BCUT2D eigenvalue weighted by atomic mass is 9.81. The number of hydrogen-bond acceptors (Lipinski definition) is 2. The Hall–Kier alpha value is -1.51. The maximum Gasteiger partial charge on any atom is 0.303 e. The fourth-order valence-electron chi connectivity index (χ4n) is 4.44. The number of phenolic OH excluding ortho intramolecular Hbond substituents is 1. The van der Waals surface area contributed by atoms with Crippen molar-refractivity contribution >= 4 is 5.97 Å². The molecule has 0 heterocycles. The summed E-state index contributed by atoms with van der Waals surface area (Å²) in [5.74, 6) is -0.385. The third kappa shape index (κ3) is 11.1. The van der Waals surface area contributed by atoms with Crippen molar-refractivity contribution in [2.24, 2.45) is 0 Å². The van der Waals surface area contributed by atoms with Crippen LogP contribution in [0.3, 0.4) is 0 Å². The Balaban J connectivity index is 2.46. The Morgan fingerprint density at radius 1 is 0.871 bits per heavy atom. The van der Waals surface area contributed by atoms with E-state index in [-0.39, 0.29) is 17.8 Å². The lowest BCUT2D eigenvalue weighted by Crippen LogP contribution is -2.14. The Kier molecular flexibility index (Phi) is 12.9. The second-order valence-corrected chi connectivity index (χ2v) is 10.5. The van der Waals surface area contributed by atoms with Gasteiger partial charge in [-0.25, -0.2) is 0 Å². The van der Waals surface area contributed by atoms with Gasteiger partial charge in [-0.3, -0.25) is 4.79 Å². The number of carboxylic acid groups (broad SMARTS) is 1. The Bertz CT molecular complexity index is 642. The molecule has 0 saturated heterocycles. The minimum Gasteiger partial charge on any atom is -0.507 e. The van der Waals surface area contributed by atoms with Gasteiger partial charge in [0, 0.05) is 0 Å². The van der Waals surface area contributed by atoms with Gasteiger partial charge < -0.3 is 10.2 Å². The van der Waals surface area contributed by atoms with Crippen LogP contribution >= 0.6 is 0 Å². The van der Waals surface area contributed by atoms with Crippen molar-refractivity contribution in [3.63, 3.8) is 0 Å². The molecule has 3 nitrogen and oxygen atoms in total. The monoisotopic (exact) mass is 432 g/mol. The maximum atomic E-state index is 11.5. The van der Waals surface area contributed by atoms with Crippen molar-refractivity contribution < 1.29 is 15.0 Å². The highest BCUT2D eigenvalue weighted by molar-refractivity contribution is 5.68. The largest absolute Gasteiger partial charge is 0.507 e. The number of aryl methyl sites for hydroxylation is 1. The summed E-state index contributed by atoms with van der Waals surface area (Å²) in [6.07, 6.45) is 16.8. The predicted octanol–water partition coefficient (Wildman–Crippen LogP) is 8.65. The number of unbranched alkanes of at least 4 members (excludes halogenated alkanes) is 11. The molecule has 1 rings (SSSR count). The molecule has 0 radical (unpaired) electrons. The molecule has 1 atom stereocenters. The summed E-state index contributed by atoms with van der Waals surface area (Å²) in [6.45, 7) is 10.4. The molecule has 0 aliphatic rings. The topological polar surface area (TPSA) is 57.5 Å². The fourth-order valence-corrected chi connectivity index (χ4v) is 4.44. The molecule has 0 aromatic heterocycles. The summed E-state index contributed by atoms with van der Waals surface area (Å²) < 4.78 is 0. The standard InChI is InChI=1S/C28H48O3/c1-6-7-8-9-10-11-12-13-14-15-16-17-18-23(21-26(29)30)24-19-22(2)27(31)25(20-24)28(3,4)5/h19-20,23,31H,6-18,21H2,1-5H3,(H,29,30).